The van der Waals surface area contributed by atoms with E-state index in [9.17, 15) is 8.42 Å². The number of hydrogen-bond acceptors (Lipinski definition) is 5. The summed E-state index contributed by atoms with van der Waals surface area (Å²) in [7, 11) is 1.19. The van der Waals surface area contributed by atoms with E-state index in [1.54, 1.807) is 63.7 Å². The van der Waals surface area contributed by atoms with Crippen LogP contribution in [0.2, 0.25) is 0 Å². The molecular weight excluding hydrogens is 392 g/mol. The number of hydrogen-bond donors (Lipinski definition) is 2. The standard InChI is InChI=1S/C20H28N4O4S/c1-14(2)24(3)29(25,26)17-9-6-15(7-10-17)13-22-20(21)23-16-8-11-18(27-4)19(12-16)28-5/h6-12,14H,13H2,1-5H3,(H3,21,22,23). The highest BCUT2D eigenvalue weighted by molar-refractivity contribution is 7.89. The van der Waals surface area contributed by atoms with Crippen LogP contribution in [0.5, 0.6) is 11.5 Å². The van der Waals surface area contributed by atoms with Crippen LogP contribution in [-0.4, -0.2) is 46.0 Å². The van der Waals surface area contributed by atoms with Gasteiger partial charge >= 0.3 is 0 Å². The van der Waals surface area contributed by atoms with Gasteiger partial charge in [-0.15, -0.1) is 0 Å². The van der Waals surface area contributed by atoms with Crippen molar-refractivity contribution < 1.29 is 17.9 Å². The maximum absolute atomic E-state index is 12.5. The Morgan fingerprint density at radius 3 is 2.28 bits per heavy atom. The molecule has 0 bridgehead atoms. The van der Waals surface area contributed by atoms with Gasteiger partial charge in [0.2, 0.25) is 10.0 Å². The van der Waals surface area contributed by atoms with Gasteiger partial charge in [-0.05, 0) is 43.7 Å². The number of sulfonamides is 1. The van der Waals surface area contributed by atoms with E-state index in [-0.39, 0.29) is 16.9 Å². The molecule has 0 fully saturated rings. The number of anilines is 1. The molecular formula is C20H28N4O4S. The number of aliphatic imine (C=N–C) groups is 1. The molecule has 9 heteroatoms. The van der Waals surface area contributed by atoms with Crippen LogP contribution in [0.3, 0.4) is 0 Å². The average Bonchev–Trinajstić information content (AvgIpc) is 2.71. The van der Waals surface area contributed by atoms with Crippen molar-refractivity contribution in [1.82, 2.24) is 4.31 Å². The molecule has 2 aromatic rings. The van der Waals surface area contributed by atoms with Crippen molar-refractivity contribution in [3.05, 3.63) is 48.0 Å². The minimum Gasteiger partial charge on any atom is -0.493 e. The zero-order chi connectivity index (χ0) is 21.6. The molecule has 0 radical (unpaired) electrons. The summed E-state index contributed by atoms with van der Waals surface area (Å²) in [6.45, 7) is 3.97. The zero-order valence-corrected chi connectivity index (χ0v) is 18.2. The molecule has 2 rings (SSSR count). The fraction of sp³-hybridized carbons (Fsp3) is 0.350. The van der Waals surface area contributed by atoms with Gasteiger partial charge in [0.15, 0.2) is 17.5 Å². The van der Waals surface area contributed by atoms with Gasteiger partial charge in [-0.1, -0.05) is 12.1 Å². The Morgan fingerprint density at radius 2 is 1.72 bits per heavy atom. The van der Waals surface area contributed by atoms with Gasteiger partial charge in [0.25, 0.3) is 0 Å². The van der Waals surface area contributed by atoms with E-state index in [1.807, 2.05) is 13.8 Å². The largest absolute Gasteiger partial charge is 0.493 e. The van der Waals surface area contributed by atoms with Gasteiger partial charge in [-0.2, -0.15) is 4.31 Å². The van der Waals surface area contributed by atoms with Crippen molar-refractivity contribution in [2.75, 3.05) is 26.6 Å². The lowest BCUT2D eigenvalue weighted by Crippen LogP contribution is -2.33. The molecule has 3 N–H and O–H groups in total. The van der Waals surface area contributed by atoms with Crippen molar-refractivity contribution in [3.63, 3.8) is 0 Å². The van der Waals surface area contributed by atoms with Crippen LogP contribution in [0.1, 0.15) is 19.4 Å². The smallest absolute Gasteiger partial charge is 0.243 e. The van der Waals surface area contributed by atoms with Crippen LogP contribution in [0.4, 0.5) is 5.69 Å². The first kappa shape index (κ1) is 22.5. The summed E-state index contributed by atoms with van der Waals surface area (Å²) in [6.07, 6.45) is 0. The quantitative estimate of drug-likeness (QED) is 0.502. The van der Waals surface area contributed by atoms with Gasteiger partial charge in [0.05, 0.1) is 25.7 Å². The third kappa shape index (κ3) is 5.61. The molecule has 158 valence electrons. The van der Waals surface area contributed by atoms with Gasteiger partial charge in [0.1, 0.15) is 0 Å². The van der Waals surface area contributed by atoms with Crippen molar-refractivity contribution in [1.29, 1.82) is 0 Å². The monoisotopic (exact) mass is 420 g/mol. The first-order chi connectivity index (χ1) is 13.7. The SMILES string of the molecule is COc1ccc(NC(N)=NCc2ccc(S(=O)(=O)N(C)C(C)C)cc2)cc1OC. The summed E-state index contributed by atoms with van der Waals surface area (Å²) < 4.78 is 36.8. The predicted octanol–water partition coefficient (Wildman–Crippen LogP) is 2.66. The zero-order valence-electron chi connectivity index (χ0n) is 17.3. The molecule has 8 nitrogen and oxygen atoms in total. The number of guanidine groups is 1. The van der Waals surface area contributed by atoms with Crippen molar-refractivity contribution in [3.8, 4) is 11.5 Å². The average molecular weight is 421 g/mol. The minimum absolute atomic E-state index is 0.119. The Bertz CT molecular complexity index is 957. The fourth-order valence-electron chi connectivity index (χ4n) is 2.49. The van der Waals surface area contributed by atoms with Gasteiger partial charge in [-0.25, -0.2) is 13.4 Å². The van der Waals surface area contributed by atoms with E-state index < -0.39 is 10.0 Å². The molecule has 0 heterocycles. The topological polar surface area (TPSA) is 106 Å². The number of nitrogens with zero attached hydrogens (tertiary/aromatic N) is 2. The van der Waals surface area contributed by atoms with Crippen LogP contribution in [0, 0.1) is 0 Å². The van der Waals surface area contributed by atoms with E-state index in [1.165, 1.54) is 4.31 Å². The number of nitrogens with two attached hydrogens (primary N) is 1. The van der Waals surface area contributed by atoms with E-state index in [0.29, 0.717) is 23.7 Å². The normalized spacial score (nSPS) is 12.3. The summed E-state index contributed by atoms with van der Waals surface area (Å²) in [5.74, 6) is 1.42. The maximum atomic E-state index is 12.5. The lowest BCUT2D eigenvalue weighted by molar-refractivity contribution is 0.355. The highest BCUT2D eigenvalue weighted by Gasteiger charge is 2.22. The molecule has 0 aliphatic heterocycles. The summed E-state index contributed by atoms with van der Waals surface area (Å²) in [5, 5.41) is 2.99. The first-order valence-corrected chi connectivity index (χ1v) is 10.5. The Morgan fingerprint density at radius 1 is 1.10 bits per heavy atom. The van der Waals surface area contributed by atoms with Gasteiger partial charge in [0, 0.05) is 24.8 Å². The number of ether oxygens (including phenoxy) is 2. The summed E-state index contributed by atoms with van der Waals surface area (Å²) in [5.41, 5.74) is 7.50. The van der Waals surface area contributed by atoms with E-state index in [2.05, 4.69) is 10.3 Å². The highest BCUT2D eigenvalue weighted by Crippen LogP contribution is 2.29. The molecule has 0 saturated carbocycles. The molecule has 0 atom stereocenters. The van der Waals surface area contributed by atoms with Gasteiger partial charge < -0.3 is 20.5 Å². The Hall–Kier alpha value is -2.78. The number of methoxy groups -OCH3 is 2. The maximum Gasteiger partial charge on any atom is 0.243 e. The second-order valence-corrected chi connectivity index (χ2v) is 8.65. The molecule has 0 aromatic heterocycles. The third-order valence-electron chi connectivity index (χ3n) is 4.42. The minimum atomic E-state index is -3.50. The van der Waals surface area contributed by atoms with E-state index >= 15 is 0 Å². The fourth-order valence-corrected chi connectivity index (χ4v) is 3.86. The number of rotatable bonds is 8. The Balaban J connectivity index is 2.06. The predicted molar refractivity (Wildman–Crippen MR) is 115 cm³/mol. The van der Waals surface area contributed by atoms with Crippen molar-refractivity contribution in [2.24, 2.45) is 10.7 Å². The Labute approximate surface area is 172 Å². The molecule has 0 unspecified atom stereocenters. The van der Waals surface area contributed by atoms with Gasteiger partial charge in [-0.3, -0.25) is 0 Å². The molecule has 0 amide bonds. The summed E-state index contributed by atoms with van der Waals surface area (Å²) in [4.78, 5) is 4.54. The van der Waals surface area contributed by atoms with Crippen LogP contribution in [-0.2, 0) is 16.6 Å². The summed E-state index contributed by atoms with van der Waals surface area (Å²) >= 11 is 0. The number of nitrogens with one attached hydrogen (secondary N) is 1. The second kappa shape index (κ2) is 9.62. The first-order valence-electron chi connectivity index (χ1n) is 9.05. The van der Waals surface area contributed by atoms with Crippen LogP contribution < -0.4 is 20.5 Å². The van der Waals surface area contributed by atoms with E-state index in [0.717, 1.165) is 5.56 Å². The highest BCUT2D eigenvalue weighted by atomic mass is 32.2. The molecule has 0 aliphatic rings. The van der Waals surface area contributed by atoms with Crippen LogP contribution in [0.25, 0.3) is 0 Å². The summed E-state index contributed by atoms with van der Waals surface area (Å²) in [6, 6.07) is 11.8. The molecule has 0 aliphatic carbocycles. The molecule has 2 aromatic carbocycles. The van der Waals surface area contributed by atoms with Crippen LogP contribution in [0.15, 0.2) is 52.4 Å². The third-order valence-corrected chi connectivity index (χ3v) is 6.46. The molecule has 0 spiro atoms. The lowest BCUT2D eigenvalue weighted by Gasteiger charge is -2.21. The Kier molecular flexibility index (Phi) is 7.46. The van der Waals surface area contributed by atoms with E-state index in [4.69, 9.17) is 15.2 Å². The van der Waals surface area contributed by atoms with Crippen molar-refractivity contribution in [2.45, 2.75) is 31.3 Å². The van der Waals surface area contributed by atoms with Crippen molar-refractivity contribution >= 4 is 21.7 Å². The molecule has 0 saturated heterocycles. The molecule has 29 heavy (non-hydrogen) atoms. The lowest BCUT2D eigenvalue weighted by atomic mass is 10.2. The second-order valence-electron chi connectivity index (χ2n) is 6.66. The van der Waals surface area contributed by atoms with Crippen LogP contribution >= 0.6 is 0 Å². The number of benzene rings is 2.